The number of hydrogen-bond donors (Lipinski definition) is 3. The molecule has 0 amide bonds. The fraction of sp³-hybridized carbons (Fsp3) is 0.519. The highest BCUT2D eigenvalue weighted by Crippen LogP contribution is 2.67. The fourth-order valence-electron chi connectivity index (χ4n) is 6.47. The lowest BCUT2D eigenvalue weighted by atomic mass is 10.00. The van der Waals surface area contributed by atoms with Crippen LogP contribution in [0.25, 0.3) is 10.9 Å². The Morgan fingerprint density at radius 2 is 2.10 bits per heavy atom. The second-order valence-electron chi connectivity index (χ2n) is 11.8. The highest BCUT2D eigenvalue weighted by atomic mass is 35.5. The number of halogens is 3. The molecule has 206 valence electrons. The van der Waals surface area contributed by atoms with E-state index in [2.05, 4.69) is 32.4 Å². The van der Waals surface area contributed by atoms with E-state index >= 15 is 0 Å². The van der Waals surface area contributed by atoms with Gasteiger partial charge in [0.15, 0.2) is 12.4 Å². The zero-order valence-corrected chi connectivity index (χ0v) is 22.4. The number of fused-ring (bicyclic) bond motifs is 4. The number of aliphatic hydroxyl groups excluding tert-OH is 1. The zero-order valence-electron chi connectivity index (χ0n) is 21.6. The minimum atomic E-state index is -3.11. The van der Waals surface area contributed by atoms with Crippen LogP contribution in [-0.2, 0) is 7.05 Å². The van der Waals surface area contributed by atoms with Crippen LogP contribution < -0.4 is 25.8 Å². The lowest BCUT2D eigenvalue weighted by Crippen LogP contribution is -2.44. The van der Waals surface area contributed by atoms with E-state index in [1.54, 1.807) is 31.4 Å². The van der Waals surface area contributed by atoms with Crippen molar-refractivity contribution in [2.45, 2.75) is 38.2 Å². The van der Waals surface area contributed by atoms with Crippen molar-refractivity contribution in [2.24, 2.45) is 23.8 Å². The summed E-state index contributed by atoms with van der Waals surface area (Å²) < 4.78 is 36.7. The molecule has 3 fully saturated rings. The van der Waals surface area contributed by atoms with Gasteiger partial charge < -0.3 is 29.9 Å². The van der Waals surface area contributed by atoms with Crippen molar-refractivity contribution in [3.8, 4) is 5.75 Å². The number of hydrogen-bond acceptors (Lipinski definition) is 8. The van der Waals surface area contributed by atoms with Crippen molar-refractivity contribution >= 4 is 45.6 Å². The monoisotopic (exact) mass is 558 g/mol. The summed E-state index contributed by atoms with van der Waals surface area (Å²) in [6, 6.07) is 4.21. The topological polar surface area (TPSA) is 105 Å². The molecule has 2 aromatic heterocycles. The highest BCUT2D eigenvalue weighted by molar-refractivity contribution is 6.33. The number of anilines is 4. The number of rotatable bonds is 5. The third-order valence-corrected chi connectivity index (χ3v) is 9.38. The van der Waals surface area contributed by atoms with Gasteiger partial charge in [-0.2, -0.15) is 4.98 Å². The van der Waals surface area contributed by atoms with Gasteiger partial charge in [0.1, 0.15) is 5.02 Å². The molecule has 12 heteroatoms. The molecule has 9 nitrogen and oxygen atoms in total. The van der Waals surface area contributed by atoms with Crippen LogP contribution in [0.4, 0.5) is 31.9 Å². The standard InChI is InChI=1S/C27H29ClF2N6O3/c1-25-9-26(25,12-37)11-36(10-25)24-31-8-17(28)22(34-24)32-15-5-6-18-16(7-15)19-20(23(38)35(18)2)39-13-27(29,30)21(33-19)14-3-4-14/h5-8,14,21,33,37H,3-4,9-13H2,1-2H3,(H,31,32,34)/t21?,25-,26+/m1/s1. The highest BCUT2D eigenvalue weighted by Gasteiger charge is 2.69. The van der Waals surface area contributed by atoms with Crippen molar-refractivity contribution in [1.82, 2.24) is 14.5 Å². The number of benzene rings is 1. The largest absolute Gasteiger partial charge is 0.480 e. The molecule has 1 saturated heterocycles. The third-order valence-electron chi connectivity index (χ3n) is 9.11. The minimum Gasteiger partial charge on any atom is -0.480 e. The van der Waals surface area contributed by atoms with Crippen molar-refractivity contribution in [3.63, 3.8) is 0 Å². The summed E-state index contributed by atoms with van der Waals surface area (Å²) in [5.41, 5.74) is 0.930. The van der Waals surface area contributed by atoms with Crippen LogP contribution in [0.1, 0.15) is 26.2 Å². The summed E-state index contributed by atoms with van der Waals surface area (Å²) in [4.78, 5) is 24.2. The number of alkyl halides is 2. The maximum absolute atomic E-state index is 14.9. The first-order valence-corrected chi connectivity index (χ1v) is 13.5. The minimum absolute atomic E-state index is 0.0502. The fourth-order valence-corrected chi connectivity index (χ4v) is 6.61. The first-order valence-electron chi connectivity index (χ1n) is 13.1. The molecule has 0 bridgehead atoms. The van der Waals surface area contributed by atoms with Crippen LogP contribution in [0.15, 0.2) is 29.2 Å². The second-order valence-corrected chi connectivity index (χ2v) is 12.2. The van der Waals surface area contributed by atoms with E-state index in [1.165, 1.54) is 4.57 Å². The van der Waals surface area contributed by atoms with Gasteiger partial charge >= 0.3 is 5.92 Å². The van der Waals surface area contributed by atoms with Gasteiger partial charge in [0.2, 0.25) is 11.7 Å². The SMILES string of the molecule is Cn1c(=O)c2c(c3cc(Nc4nc(N5C[C@@]6(C)C[C@@]6(CO)C5)ncc4Cl)ccc31)NC(C1CC1)C(F)(F)CO2. The van der Waals surface area contributed by atoms with Crippen LogP contribution in [0.5, 0.6) is 5.75 Å². The second kappa shape index (κ2) is 8.17. The molecule has 4 heterocycles. The number of aliphatic hydroxyl groups is 1. The van der Waals surface area contributed by atoms with E-state index in [9.17, 15) is 18.7 Å². The predicted molar refractivity (Wildman–Crippen MR) is 145 cm³/mol. The first-order chi connectivity index (χ1) is 18.5. The van der Waals surface area contributed by atoms with Crippen LogP contribution in [-0.4, -0.2) is 57.9 Å². The molecule has 2 saturated carbocycles. The Morgan fingerprint density at radius 3 is 2.82 bits per heavy atom. The molecule has 1 aromatic carbocycles. The number of nitrogens with zero attached hydrogens (tertiary/aromatic N) is 4. The van der Waals surface area contributed by atoms with Gasteiger partial charge in [-0.3, -0.25) is 4.79 Å². The van der Waals surface area contributed by atoms with E-state index < -0.39 is 24.1 Å². The van der Waals surface area contributed by atoms with E-state index in [-0.39, 0.29) is 34.8 Å². The van der Waals surface area contributed by atoms with Crippen LogP contribution in [0, 0.1) is 16.7 Å². The number of pyridine rings is 1. The number of nitrogens with one attached hydrogen (secondary N) is 2. The van der Waals surface area contributed by atoms with Crippen LogP contribution in [0.3, 0.4) is 0 Å². The molecule has 39 heavy (non-hydrogen) atoms. The normalized spacial score (nSPS) is 28.8. The van der Waals surface area contributed by atoms with Crippen molar-refractivity contribution < 1.29 is 18.6 Å². The van der Waals surface area contributed by atoms with Crippen molar-refractivity contribution in [2.75, 3.05) is 41.8 Å². The van der Waals surface area contributed by atoms with Gasteiger partial charge in [0, 0.05) is 36.6 Å². The molecule has 3 aromatic rings. The Morgan fingerprint density at radius 1 is 1.31 bits per heavy atom. The average molecular weight is 559 g/mol. The van der Waals surface area contributed by atoms with Gasteiger partial charge in [-0.25, -0.2) is 13.8 Å². The predicted octanol–water partition coefficient (Wildman–Crippen LogP) is 4.15. The smallest absolute Gasteiger partial charge is 0.301 e. The molecule has 2 aliphatic heterocycles. The quantitative estimate of drug-likeness (QED) is 0.429. The van der Waals surface area contributed by atoms with Gasteiger partial charge in [-0.05, 0) is 48.8 Å². The number of piperidine rings is 1. The first kappa shape index (κ1) is 24.8. The molecule has 1 unspecified atom stereocenters. The summed E-state index contributed by atoms with van der Waals surface area (Å²) in [7, 11) is 1.59. The molecule has 3 N–H and O–H groups in total. The number of ether oxygens (including phenoxy) is 1. The Bertz CT molecular complexity index is 1580. The Hall–Kier alpha value is -3.18. The molecule has 3 atom stereocenters. The van der Waals surface area contributed by atoms with Gasteiger partial charge in [-0.15, -0.1) is 0 Å². The van der Waals surface area contributed by atoms with Crippen molar-refractivity contribution in [3.05, 3.63) is 39.8 Å². The molecular weight excluding hydrogens is 530 g/mol. The molecule has 7 rings (SSSR count). The maximum Gasteiger partial charge on any atom is 0.301 e. The molecule has 4 aliphatic rings. The molecular formula is C27H29ClF2N6O3. The summed E-state index contributed by atoms with van der Waals surface area (Å²) >= 11 is 6.46. The molecule has 0 spiro atoms. The van der Waals surface area contributed by atoms with Gasteiger partial charge in [-0.1, -0.05) is 18.5 Å². The van der Waals surface area contributed by atoms with E-state index in [0.29, 0.717) is 52.8 Å². The van der Waals surface area contributed by atoms with E-state index in [1.807, 2.05) is 0 Å². The average Bonchev–Trinajstić information content (AvgIpc) is 3.81. The molecule has 2 aliphatic carbocycles. The summed E-state index contributed by atoms with van der Waals surface area (Å²) in [6.07, 6.45) is 3.95. The lowest BCUT2D eigenvalue weighted by Gasteiger charge is -2.25. The summed E-state index contributed by atoms with van der Waals surface area (Å²) in [5, 5.41) is 17.0. The summed E-state index contributed by atoms with van der Waals surface area (Å²) in [5.74, 6) is -2.47. The van der Waals surface area contributed by atoms with Crippen molar-refractivity contribution in [1.29, 1.82) is 0 Å². The Kier molecular flexibility index (Phi) is 5.20. The van der Waals surface area contributed by atoms with Gasteiger partial charge in [0.05, 0.1) is 30.0 Å². The molecule has 0 radical (unpaired) electrons. The van der Waals surface area contributed by atoms with Crippen LogP contribution >= 0.6 is 11.6 Å². The van der Waals surface area contributed by atoms with Crippen LogP contribution in [0.2, 0.25) is 5.02 Å². The van der Waals surface area contributed by atoms with E-state index in [4.69, 9.17) is 16.3 Å². The third kappa shape index (κ3) is 3.76. The Labute approximate surface area is 228 Å². The number of aromatic nitrogens is 3. The maximum atomic E-state index is 14.9. The number of aryl methyl sites for hydroxylation is 1. The summed E-state index contributed by atoms with van der Waals surface area (Å²) in [6.45, 7) is 2.89. The Balaban J connectivity index is 1.25. The van der Waals surface area contributed by atoms with E-state index in [0.717, 1.165) is 13.0 Å². The zero-order chi connectivity index (χ0) is 27.3. The van der Waals surface area contributed by atoms with Gasteiger partial charge in [0.25, 0.3) is 5.56 Å². The lowest BCUT2D eigenvalue weighted by molar-refractivity contribution is -0.0579.